The van der Waals surface area contributed by atoms with Crippen molar-refractivity contribution in [2.24, 2.45) is 0 Å². The van der Waals surface area contributed by atoms with Crippen molar-refractivity contribution in [1.82, 2.24) is 15.1 Å². The van der Waals surface area contributed by atoms with Crippen LogP contribution < -0.4 is 5.32 Å². The molecule has 0 bridgehead atoms. The SMILES string of the molecule is CN(Cc1cccc(F)c1)C(=O)CSc1nnc(Nc2cccc(Br)c2)s1. The number of halogens is 2. The van der Waals surface area contributed by atoms with Gasteiger partial charge >= 0.3 is 0 Å². The lowest BCUT2D eigenvalue weighted by Crippen LogP contribution is -2.27. The van der Waals surface area contributed by atoms with E-state index < -0.39 is 0 Å². The normalized spacial score (nSPS) is 10.6. The zero-order valence-corrected chi connectivity index (χ0v) is 17.6. The molecule has 3 rings (SSSR count). The van der Waals surface area contributed by atoms with Crippen LogP contribution in [0.15, 0.2) is 57.3 Å². The minimum Gasteiger partial charge on any atom is -0.341 e. The number of hydrogen-bond acceptors (Lipinski definition) is 6. The smallest absolute Gasteiger partial charge is 0.233 e. The number of thioether (sulfide) groups is 1. The quantitative estimate of drug-likeness (QED) is 0.500. The molecule has 1 aromatic heterocycles. The number of benzene rings is 2. The molecule has 27 heavy (non-hydrogen) atoms. The van der Waals surface area contributed by atoms with E-state index in [4.69, 9.17) is 0 Å². The van der Waals surface area contributed by atoms with E-state index >= 15 is 0 Å². The minimum atomic E-state index is -0.304. The summed E-state index contributed by atoms with van der Waals surface area (Å²) in [5, 5.41) is 12.0. The first-order valence-corrected chi connectivity index (χ1v) is 10.6. The molecule has 1 N–H and O–H groups in total. The monoisotopic (exact) mass is 466 g/mol. The van der Waals surface area contributed by atoms with Gasteiger partial charge in [0, 0.05) is 23.8 Å². The Kier molecular flexibility index (Phi) is 6.81. The molecule has 0 aliphatic heterocycles. The third-order valence-electron chi connectivity index (χ3n) is 3.54. The van der Waals surface area contributed by atoms with Crippen molar-refractivity contribution in [3.8, 4) is 0 Å². The number of hydrogen-bond donors (Lipinski definition) is 1. The zero-order chi connectivity index (χ0) is 19.2. The lowest BCUT2D eigenvalue weighted by molar-refractivity contribution is -0.127. The number of aromatic nitrogens is 2. The average molecular weight is 467 g/mol. The molecule has 0 aliphatic carbocycles. The van der Waals surface area contributed by atoms with E-state index in [-0.39, 0.29) is 17.5 Å². The average Bonchev–Trinajstić information content (AvgIpc) is 3.07. The predicted molar refractivity (Wildman–Crippen MR) is 111 cm³/mol. The second-order valence-electron chi connectivity index (χ2n) is 5.68. The highest BCUT2D eigenvalue weighted by molar-refractivity contribution is 9.10. The molecule has 9 heteroatoms. The Hall–Kier alpha value is -1.97. The standard InChI is InChI=1S/C18H16BrFN4OS2/c1-24(10-12-4-2-6-14(20)8-12)16(25)11-26-18-23-22-17(27-18)21-15-7-3-5-13(19)9-15/h2-9H,10-11H2,1H3,(H,21,22). The van der Waals surface area contributed by atoms with Crippen LogP contribution in [0.5, 0.6) is 0 Å². The molecule has 0 radical (unpaired) electrons. The molecule has 2 aromatic carbocycles. The maximum absolute atomic E-state index is 13.2. The van der Waals surface area contributed by atoms with Gasteiger partial charge < -0.3 is 10.2 Å². The van der Waals surface area contributed by atoms with Gasteiger partial charge in [0.1, 0.15) is 5.82 Å². The second-order valence-corrected chi connectivity index (χ2v) is 8.79. The largest absolute Gasteiger partial charge is 0.341 e. The molecule has 0 saturated carbocycles. The van der Waals surface area contributed by atoms with Crippen LogP contribution in [0.25, 0.3) is 0 Å². The maximum Gasteiger partial charge on any atom is 0.233 e. The van der Waals surface area contributed by atoms with Crippen molar-refractivity contribution in [3.05, 3.63) is 64.4 Å². The first-order chi connectivity index (χ1) is 13.0. The number of anilines is 2. The van der Waals surface area contributed by atoms with Gasteiger partial charge in [-0.1, -0.05) is 57.2 Å². The molecule has 0 unspecified atom stereocenters. The molecule has 5 nitrogen and oxygen atoms in total. The Balaban J connectivity index is 1.51. The number of rotatable bonds is 7. The third kappa shape index (κ3) is 6.02. The van der Waals surface area contributed by atoms with Crippen LogP contribution in [-0.4, -0.2) is 33.8 Å². The Morgan fingerprint density at radius 3 is 2.85 bits per heavy atom. The van der Waals surface area contributed by atoms with Crippen LogP contribution in [0.2, 0.25) is 0 Å². The van der Waals surface area contributed by atoms with Crippen LogP contribution in [-0.2, 0) is 11.3 Å². The molecule has 0 spiro atoms. The highest BCUT2D eigenvalue weighted by Crippen LogP contribution is 2.28. The van der Waals surface area contributed by atoms with Crippen molar-refractivity contribution in [2.75, 3.05) is 18.1 Å². The van der Waals surface area contributed by atoms with E-state index in [1.165, 1.54) is 35.2 Å². The van der Waals surface area contributed by atoms with Gasteiger partial charge in [0.25, 0.3) is 0 Å². The van der Waals surface area contributed by atoms with Crippen LogP contribution >= 0.6 is 39.0 Å². The molecule has 140 valence electrons. The number of carbonyl (C=O) groups is 1. The van der Waals surface area contributed by atoms with Crippen molar-refractivity contribution < 1.29 is 9.18 Å². The molecule has 0 fully saturated rings. The van der Waals surface area contributed by atoms with Crippen LogP contribution in [0, 0.1) is 5.82 Å². The maximum atomic E-state index is 13.2. The molecule has 0 atom stereocenters. The number of carbonyl (C=O) groups excluding carboxylic acids is 1. The number of nitrogens with zero attached hydrogens (tertiary/aromatic N) is 3. The molecule has 1 heterocycles. The van der Waals surface area contributed by atoms with E-state index in [2.05, 4.69) is 31.4 Å². The molecule has 3 aromatic rings. The first kappa shape index (κ1) is 19.8. The van der Waals surface area contributed by atoms with E-state index in [9.17, 15) is 9.18 Å². The first-order valence-electron chi connectivity index (χ1n) is 7.97. The van der Waals surface area contributed by atoms with Crippen molar-refractivity contribution in [3.63, 3.8) is 0 Å². The van der Waals surface area contributed by atoms with Crippen LogP contribution in [0.4, 0.5) is 15.2 Å². The fraction of sp³-hybridized carbons (Fsp3) is 0.167. The fourth-order valence-electron chi connectivity index (χ4n) is 2.24. The highest BCUT2D eigenvalue weighted by Gasteiger charge is 2.13. The van der Waals surface area contributed by atoms with E-state index in [1.807, 2.05) is 24.3 Å². The lowest BCUT2D eigenvalue weighted by Gasteiger charge is -2.16. The second kappa shape index (κ2) is 9.29. The predicted octanol–water partition coefficient (Wildman–Crippen LogP) is 4.93. The molecule has 0 saturated heterocycles. The van der Waals surface area contributed by atoms with Crippen molar-refractivity contribution in [2.45, 2.75) is 10.9 Å². The van der Waals surface area contributed by atoms with Gasteiger partial charge in [-0.3, -0.25) is 4.79 Å². The van der Waals surface area contributed by atoms with Crippen molar-refractivity contribution in [1.29, 1.82) is 0 Å². The van der Waals surface area contributed by atoms with Gasteiger partial charge in [0.2, 0.25) is 11.0 Å². The number of nitrogens with one attached hydrogen (secondary N) is 1. The highest BCUT2D eigenvalue weighted by atomic mass is 79.9. The van der Waals surface area contributed by atoms with E-state index in [1.54, 1.807) is 24.1 Å². The summed E-state index contributed by atoms with van der Waals surface area (Å²) in [4.78, 5) is 13.9. The third-order valence-corrected chi connectivity index (χ3v) is 5.99. The Labute approximate surface area is 173 Å². The zero-order valence-electron chi connectivity index (χ0n) is 14.4. The summed E-state index contributed by atoms with van der Waals surface area (Å²) in [7, 11) is 1.70. The summed E-state index contributed by atoms with van der Waals surface area (Å²) in [6, 6.07) is 14.0. The van der Waals surface area contributed by atoms with E-state index in [0.29, 0.717) is 16.0 Å². The topological polar surface area (TPSA) is 58.1 Å². The summed E-state index contributed by atoms with van der Waals surface area (Å²) in [5.74, 6) is -0.111. The summed E-state index contributed by atoms with van der Waals surface area (Å²) < 4.78 is 14.9. The molecular formula is C18H16BrFN4OS2. The van der Waals surface area contributed by atoms with Crippen molar-refractivity contribution >= 4 is 55.8 Å². The molecule has 1 amide bonds. The van der Waals surface area contributed by atoms with Crippen LogP contribution in [0.1, 0.15) is 5.56 Å². The summed E-state index contributed by atoms with van der Waals surface area (Å²) >= 11 is 6.15. The Morgan fingerprint density at radius 2 is 2.07 bits per heavy atom. The lowest BCUT2D eigenvalue weighted by atomic mass is 10.2. The van der Waals surface area contributed by atoms with Gasteiger partial charge in [0.15, 0.2) is 4.34 Å². The number of amides is 1. The van der Waals surface area contributed by atoms with Gasteiger partial charge in [-0.2, -0.15) is 0 Å². The van der Waals surface area contributed by atoms with Gasteiger partial charge in [-0.25, -0.2) is 4.39 Å². The molecule has 0 aliphatic rings. The fourth-order valence-corrected chi connectivity index (χ4v) is 4.35. The summed E-state index contributed by atoms with van der Waals surface area (Å²) in [6.45, 7) is 0.364. The van der Waals surface area contributed by atoms with E-state index in [0.717, 1.165) is 15.7 Å². The summed E-state index contributed by atoms with van der Waals surface area (Å²) in [5.41, 5.74) is 1.66. The minimum absolute atomic E-state index is 0.0547. The Bertz CT molecular complexity index is 937. The van der Waals surface area contributed by atoms with Gasteiger partial charge in [-0.05, 0) is 35.9 Å². The molecular weight excluding hydrogens is 451 g/mol. The van der Waals surface area contributed by atoms with Gasteiger partial charge in [-0.15, -0.1) is 10.2 Å². The summed E-state index contributed by atoms with van der Waals surface area (Å²) in [6.07, 6.45) is 0. The Morgan fingerprint density at radius 1 is 1.26 bits per heavy atom. The van der Waals surface area contributed by atoms with Gasteiger partial charge in [0.05, 0.1) is 5.75 Å². The van der Waals surface area contributed by atoms with Crippen LogP contribution in [0.3, 0.4) is 0 Å².